The lowest BCUT2D eigenvalue weighted by atomic mass is 10.1. The number of hydrogen-bond acceptors (Lipinski definition) is 3. The van der Waals surface area contributed by atoms with Crippen LogP contribution in [0.1, 0.15) is 21.7 Å². The molecule has 2 aromatic carbocycles. The largest absolute Gasteiger partial charge is 0.368 e. The van der Waals surface area contributed by atoms with E-state index < -0.39 is 0 Å². The Morgan fingerprint density at radius 1 is 1.00 bits per heavy atom. The summed E-state index contributed by atoms with van der Waals surface area (Å²) in [4.78, 5) is 21.7. The van der Waals surface area contributed by atoms with Crippen molar-refractivity contribution in [3.8, 4) is 0 Å². The number of hydrogen-bond donors (Lipinski definition) is 0. The summed E-state index contributed by atoms with van der Waals surface area (Å²) in [6, 6.07) is 14.4. The van der Waals surface area contributed by atoms with Crippen molar-refractivity contribution in [2.75, 3.05) is 31.1 Å². The predicted molar refractivity (Wildman–Crippen MR) is 105 cm³/mol. The zero-order valence-corrected chi connectivity index (χ0v) is 15.6. The summed E-state index contributed by atoms with van der Waals surface area (Å²) < 4.78 is 2.05. The summed E-state index contributed by atoms with van der Waals surface area (Å²) in [7, 11) is 2.00. The average Bonchev–Trinajstić information content (AvgIpc) is 2.95. The Balaban J connectivity index is 1.48. The minimum atomic E-state index is 0.0964. The van der Waals surface area contributed by atoms with Gasteiger partial charge >= 0.3 is 0 Å². The van der Waals surface area contributed by atoms with Gasteiger partial charge in [0.2, 0.25) is 0 Å². The van der Waals surface area contributed by atoms with E-state index in [0.717, 1.165) is 48.6 Å². The SMILES string of the molecule is Cc1cccc(N2CCN(C(=O)c3ccc4c(c3)nc(C)n4C)CC2)c1. The number of carbonyl (C=O) groups is 1. The van der Waals surface area contributed by atoms with Gasteiger partial charge in [-0.3, -0.25) is 4.79 Å². The topological polar surface area (TPSA) is 41.4 Å². The smallest absolute Gasteiger partial charge is 0.254 e. The number of aromatic nitrogens is 2. The molecule has 1 aromatic heterocycles. The molecule has 1 aliphatic rings. The van der Waals surface area contributed by atoms with Crippen LogP contribution < -0.4 is 4.90 Å². The van der Waals surface area contributed by atoms with Crippen molar-refractivity contribution >= 4 is 22.6 Å². The number of anilines is 1. The number of piperazine rings is 1. The molecule has 0 unspecified atom stereocenters. The van der Waals surface area contributed by atoms with E-state index in [-0.39, 0.29) is 5.91 Å². The number of nitrogens with zero attached hydrogens (tertiary/aromatic N) is 4. The lowest BCUT2D eigenvalue weighted by Crippen LogP contribution is -2.48. The minimum Gasteiger partial charge on any atom is -0.368 e. The monoisotopic (exact) mass is 348 g/mol. The average molecular weight is 348 g/mol. The van der Waals surface area contributed by atoms with Crippen LogP contribution in [0.3, 0.4) is 0 Å². The van der Waals surface area contributed by atoms with Crippen LogP contribution in [0, 0.1) is 13.8 Å². The van der Waals surface area contributed by atoms with Gasteiger partial charge in [-0.2, -0.15) is 0 Å². The van der Waals surface area contributed by atoms with Gasteiger partial charge in [0.15, 0.2) is 0 Å². The Kier molecular flexibility index (Phi) is 4.15. The first-order valence-corrected chi connectivity index (χ1v) is 9.07. The van der Waals surface area contributed by atoms with Crippen molar-refractivity contribution in [3.63, 3.8) is 0 Å². The highest BCUT2D eigenvalue weighted by atomic mass is 16.2. The molecule has 0 spiro atoms. The molecule has 0 N–H and O–H groups in total. The maximum absolute atomic E-state index is 12.9. The number of amides is 1. The molecular formula is C21H24N4O. The summed E-state index contributed by atoms with van der Waals surface area (Å²) in [5.41, 5.74) is 5.17. The Bertz CT molecular complexity index is 967. The van der Waals surface area contributed by atoms with E-state index in [0.29, 0.717) is 0 Å². The number of imidazole rings is 1. The van der Waals surface area contributed by atoms with Gasteiger partial charge in [-0.15, -0.1) is 0 Å². The predicted octanol–water partition coefficient (Wildman–Crippen LogP) is 3.15. The van der Waals surface area contributed by atoms with Gasteiger partial charge in [0.05, 0.1) is 11.0 Å². The van der Waals surface area contributed by atoms with Crippen molar-refractivity contribution in [1.82, 2.24) is 14.5 Å². The van der Waals surface area contributed by atoms with Crippen molar-refractivity contribution in [2.24, 2.45) is 7.05 Å². The van der Waals surface area contributed by atoms with Crippen molar-refractivity contribution in [1.29, 1.82) is 0 Å². The molecule has 0 radical (unpaired) electrons. The van der Waals surface area contributed by atoms with E-state index in [4.69, 9.17) is 0 Å². The standard InChI is InChI=1S/C21H24N4O/c1-15-5-4-6-18(13-15)24-9-11-25(12-10-24)21(26)17-7-8-20-19(14-17)22-16(2)23(20)3/h4-8,13-14H,9-12H2,1-3H3. The van der Waals surface area contributed by atoms with Crippen LogP contribution in [0.2, 0.25) is 0 Å². The van der Waals surface area contributed by atoms with E-state index in [2.05, 4.69) is 41.1 Å². The normalized spacial score (nSPS) is 14.9. The molecule has 0 atom stereocenters. The molecule has 1 amide bonds. The lowest BCUT2D eigenvalue weighted by molar-refractivity contribution is 0.0747. The molecule has 3 aromatic rings. The molecule has 0 bridgehead atoms. The maximum atomic E-state index is 12.9. The number of rotatable bonds is 2. The van der Waals surface area contributed by atoms with Gasteiger partial charge in [-0.1, -0.05) is 12.1 Å². The molecule has 2 heterocycles. The third-order valence-corrected chi connectivity index (χ3v) is 5.29. The number of fused-ring (bicyclic) bond motifs is 1. The fraction of sp³-hybridized carbons (Fsp3) is 0.333. The summed E-state index contributed by atoms with van der Waals surface area (Å²) in [6.45, 7) is 7.29. The van der Waals surface area contributed by atoms with Crippen LogP contribution in [0.4, 0.5) is 5.69 Å². The summed E-state index contributed by atoms with van der Waals surface area (Å²) in [5.74, 6) is 1.05. The van der Waals surface area contributed by atoms with Crippen LogP contribution >= 0.6 is 0 Å². The van der Waals surface area contributed by atoms with Crippen LogP contribution in [0.5, 0.6) is 0 Å². The van der Waals surface area contributed by atoms with Gasteiger partial charge in [0.25, 0.3) is 5.91 Å². The van der Waals surface area contributed by atoms with Gasteiger partial charge < -0.3 is 14.4 Å². The Labute approximate surface area is 153 Å². The lowest BCUT2D eigenvalue weighted by Gasteiger charge is -2.36. The fourth-order valence-electron chi connectivity index (χ4n) is 3.63. The van der Waals surface area contributed by atoms with E-state index in [1.54, 1.807) is 0 Å². The number of carbonyl (C=O) groups excluding carboxylic acids is 1. The molecule has 1 aliphatic heterocycles. The highest BCUT2D eigenvalue weighted by Gasteiger charge is 2.23. The van der Waals surface area contributed by atoms with Crippen LogP contribution in [0.25, 0.3) is 11.0 Å². The number of aryl methyl sites for hydroxylation is 3. The van der Waals surface area contributed by atoms with Crippen LogP contribution in [-0.4, -0.2) is 46.5 Å². The Morgan fingerprint density at radius 2 is 1.77 bits per heavy atom. The third-order valence-electron chi connectivity index (χ3n) is 5.29. The second-order valence-electron chi connectivity index (χ2n) is 7.04. The van der Waals surface area contributed by atoms with E-state index in [1.165, 1.54) is 11.3 Å². The molecule has 4 rings (SSSR count). The van der Waals surface area contributed by atoms with Crippen molar-refractivity contribution < 1.29 is 4.79 Å². The van der Waals surface area contributed by atoms with E-state index in [9.17, 15) is 4.79 Å². The minimum absolute atomic E-state index is 0.0964. The summed E-state index contributed by atoms with van der Waals surface area (Å²) in [6.07, 6.45) is 0. The van der Waals surface area contributed by atoms with Crippen LogP contribution in [0.15, 0.2) is 42.5 Å². The van der Waals surface area contributed by atoms with Crippen LogP contribution in [-0.2, 0) is 7.05 Å². The second kappa shape index (κ2) is 6.48. The fourth-order valence-corrected chi connectivity index (χ4v) is 3.63. The first-order valence-electron chi connectivity index (χ1n) is 9.07. The molecule has 1 saturated heterocycles. The van der Waals surface area contributed by atoms with Crippen molar-refractivity contribution in [3.05, 3.63) is 59.4 Å². The maximum Gasteiger partial charge on any atom is 0.254 e. The Hall–Kier alpha value is -2.82. The van der Waals surface area contributed by atoms with Gasteiger partial charge in [-0.25, -0.2) is 4.98 Å². The molecule has 1 fully saturated rings. The Morgan fingerprint density at radius 3 is 2.50 bits per heavy atom. The highest BCUT2D eigenvalue weighted by molar-refractivity contribution is 5.97. The van der Waals surface area contributed by atoms with Gasteiger partial charge in [0.1, 0.15) is 5.82 Å². The van der Waals surface area contributed by atoms with Gasteiger partial charge in [-0.05, 0) is 49.7 Å². The van der Waals surface area contributed by atoms with E-state index >= 15 is 0 Å². The zero-order chi connectivity index (χ0) is 18.3. The first-order chi connectivity index (χ1) is 12.5. The molecule has 26 heavy (non-hydrogen) atoms. The summed E-state index contributed by atoms with van der Waals surface area (Å²) >= 11 is 0. The third kappa shape index (κ3) is 2.94. The first kappa shape index (κ1) is 16.6. The molecule has 5 nitrogen and oxygen atoms in total. The molecule has 134 valence electrons. The zero-order valence-electron chi connectivity index (χ0n) is 15.6. The number of benzene rings is 2. The molecule has 0 aliphatic carbocycles. The second-order valence-corrected chi connectivity index (χ2v) is 7.04. The van der Waals surface area contributed by atoms with Gasteiger partial charge in [0, 0.05) is 44.5 Å². The quantitative estimate of drug-likeness (QED) is 0.714. The van der Waals surface area contributed by atoms with Crippen molar-refractivity contribution in [2.45, 2.75) is 13.8 Å². The molecule has 0 saturated carbocycles. The summed E-state index contributed by atoms with van der Waals surface area (Å²) in [5, 5.41) is 0. The molecular weight excluding hydrogens is 324 g/mol. The highest BCUT2D eigenvalue weighted by Crippen LogP contribution is 2.20. The molecule has 5 heteroatoms. The van der Waals surface area contributed by atoms with E-state index in [1.807, 2.05) is 41.6 Å².